The number of H-pyrrole nitrogens is 2. The monoisotopic (exact) mass is 822 g/mol. The lowest BCUT2D eigenvalue weighted by Crippen LogP contribution is -2.49. The number of likely N-dealkylation sites (tertiary alicyclic amines) is 1. The molecule has 4 N–H and O–H groups in total. The number of para-hydroxylation sites is 1. The van der Waals surface area contributed by atoms with Gasteiger partial charge >= 0.3 is 12.2 Å². The van der Waals surface area contributed by atoms with Crippen molar-refractivity contribution in [1.29, 1.82) is 0 Å². The number of imidazole rings is 2. The SMILES string of the molecule is COC(=O)N[C@@H](CC(C)C)C(=O)N1CC(F)(F)C[C@H]1c1ncc(-c2ccc(-c3ncc(-c4cnc([C@@H]5Cc6cccc7c6N5C(=O)[C@@H](NC(=O)OC)CC7)[nH]4)cn3)cc2)[nH]1. The number of nitrogens with zero attached hydrogens (tertiary/aromatic N) is 6. The van der Waals surface area contributed by atoms with Gasteiger partial charge in [0.25, 0.3) is 5.92 Å². The van der Waals surface area contributed by atoms with E-state index in [0.29, 0.717) is 47.9 Å². The standard InChI is InChI=1S/C42H44F2N10O6/c1-22(2)14-29(52-41(58)60-4)38(55)53-21-42(43,44)16-33(53)37-48-19-30(49-37)23-8-10-25(11-9-23)35-45-17-27(18-46-35)31-20-47-36(50-31)32-15-26-7-5-6-24-12-13-28(51-40(57)59-3)39(56)54(32)34(24)26/h5-11,17-20,22,28-29,32-33H,12-16,21H2,1-4H3,(H,47,50)(H,48,49)(H,51,57)(H,52,58)/t28-,29-,32-,33-/m0/s1. The number of alkyl halides is 2. The highest BCUT2D eigenvalue weighted by atomic mass is 19.3. The number of hydrogen-bond acceptors (Lipinski definition) is 10. The number of hydrogen-bond donors (Lipinski definition) is 4. The van der Waals surface area contributed by atoms with Crippen molar-refractivity contribution < 1.29 is 37.4 Å². The van der Waals surface area contributed by atoms with Crippen LogP contribution in [0.5, 0.6) is 0 Å². The number of aromatic nitrogens is 6. The molecule has 18 heteroatoms. The van der Waals surface area contributed by atoms with Gasteiger partial charge in [-0.15, -0.1) is 0 Å². The van der Waals surface area contributed by atoms with E-state index in [-0.39, 0.29) is 24.1 Å². The number of anilines is 1. The molecule has 6 heterocycles. The number of aromatic amines is 2. The van der Waals surface area contributed by atoms with Crippen LogP contribution < -0.4 is 15.5 Å². The summed E-state index contributed by atoms with van der Waals surface area (Å²) in [6.45, 7) is 2.94. The van der Waals surface area contributed by atoms with Crippen LogP contribution in [0.3, 0.4) is 0 Å². The highest BCUT2D eigenvalue weighted by molar-refractivity contribution is 6.02. The molecule has 0 radical (unpaired) electrons. The average molecular weight is 823 g/mol. The lowest BCUT2D eigenvalue weighted by atomic mass is 10.0. The van der Waals surface area contributed by atoms with Crippen molar-refractivity contribution in [3.63, 3.8) is 0 Å². The van der Waals surface area contributed by atoms with Crippen LogP contribution in [0.15, 0.2) is 67.3 Å². The Labute approximate surface area is 343 Å². The van der Waals surface area contributed by atoms with Gasteiger partial charge in [-0.2, -0.15) is 0 Å². The van der Waals surface area contributed by atoms with Gasteiger partial charge in [0, 0.05) is 36.4 Å². The van der Waals surface area contributed by atoms with Crippen LogP contribution >= 0.6 is 0 Å². The van der Waals surface area contributed by atoms with Gasteiger partial charge in [-0.05, 0) is 41.9 Å². The number of ether oxygens (including phenoxy) is 2. The maximum absolute atomic E-state index is 14.8. The summed E-state index contributed by atoms with van der Waals surface area (Å²) in [5.41, 5.74) is 6.31. The van der Waals surface area contributed by atoms with Crippen molar-refractivity contribution in [2.24, 2.45) is 5.92 Å². The molecule has 2 aromatic carbocycles. The number of rotatable bonds is 10. The molecule has 0 saturated carbocycles. The lowest BCUT2D eigenvalue weighted by molar-refractivity contribution is -0.136. The molecule has 16 nitrogen and oxygen atoms in total. The minimum Gasteiger partial charge on any atom is -0.453 e. The van der Waals surface area contributed by atoms with Gasteiger partial charge in [0.05, 0.1) is 62.3 Å². The molecule has 4 atom stereocenters. The van der Waals surface area contributed by atoms with Crippen molar-refractivity contribution >= 4 is 29.7 Å². The molecule has 5 aromatic rings. The molecule has 1 fully saturated rings. The number of methoxy groups -OCH3 is 2. The molecular weight excluding hydrogens is 779 g/mol. The van der Waals surface area contributed by atoms with E-state index in [2.05, 4.69) is 45.3 Å². The first-order valence-electron chi connectivity index (χ1n) is 19.7. The Morgan fingerprint density at radius 1 is 0.850 bits per heavy atom. The Hall–Kier alpha value is -6.72. The first kappa shape index (κ1) is 40.1. The number of aryl methyl sites for hydroxylation is 1. The van der Waals surface area contributed by atoms with Crippen LogP contribution in [0.2, 0.25) is 0 Å². The molecule has 312 valence electrons. The molecule has 1 saturated heterocycles. The summed E-state index contributed by atoms with van der Waals surface area (Å²) in [6.07, 6.45) is 6.35. The van der Waals surface area contributed by atoms with E-state index in [4.69, 9.17) is 4.74 Å². The number of amides is 4. The van der Waals surface area contributed by atoms with E-state index in [9.17, 15) is 28.0 Å². The molecule has 0 unspecified atom stereocenters. The summed E-state index contributed by atoms with van der Waals surface area (Å²) in [6, 6.07) is 10.1. The second kappa shape index (κ2) is 16.1. The van der Waals surface area contributed by atoms with Crippen molar-refractivity contribution in [1.82, 2.24) is 45.4 Å². The second-order valence-corrected chi connectivity index (χ2v) is 15.7. The van der Waals surface area contributed by atoms with E-state index in [1.807, 2.05) is 56.3 Å². The number of alkyl carbamates (subject to hydrolysis) is 2. The van der Waals surface area contributed by atoms with Gasteiger partial charge in [0.15, 0.2) is 5.82 Å². The van der Waals surface area contributed by atoms with Crippen LogP contribution in [0.4, 0.5) is 24.1 Å². The zero-order valence-corrected chi connectivity index (χ0v) is 33.4. The van der Waals surface area contributed by atoms with Crippen molar-refractivity contribution in [2.75, 3.05) is 25.7 Å². The molecular formula is C42H44F2N10O6. The molecule has 0 spiro atoms. The topological polar surface area (TPSA) is 200 Å². The summed E-state index contributed by atoms with van der Waals surface area (Å²) < 4.78 is 39.1. The highest BCUT2D eigenvalue weighted by Crippen LogP contribution is 2.45. The number of carbonyl (C=O) groups is 4. The van der Waals surface area contributed by atoms with E-state index >= 15 is 0 Å². The molecule has 3 aromatic heterocycles. The summed E-state index contributed by atoms with van der Waals surface area (Å²) in [4.78, 5) is 79.2. The fraction of sp³-hybridized carbons (Fsp3) is 0.381. The maximum atomic E-state index is 14.8. The molecule has 3 aliphatic rings. The summed E-state index contributed by atoms with van der Waals surface area (Å²) in [7, 11) is 2.44. The summed E-state index contributed by atoms with van der Waals surface area (Å²) in [5, 5.41) is 5.19. The van der Waals surface area contributed by atoms with Gasteiger partial charge in [0.1, 0.15) is 23.7 Å². The normalized spacial score (nSPS) is 19.8. The van der Waals surface area contributed by atoms with Crippen LogP contribution in [-0.4, -0.2) is 97.6 Å². The number of nitrogens with one attached hydrogen (secondary N) is 4. The Bertz CT molecular complexity index is 2420. The number of carbonyl (C=O) groups excluding carboxylic acids is 4. The van der Waals surface area contributed by atoms with Crippen LogP contribution in [0.25, 0.3) is 33.9 Å². The molecule has 0 bridgehead atoms. The molecule has 8 rings (SSSR count). The summed E-state index contributed by atoms with van der Waals surface area (Å²) in [5.74, 6) is -2.74. The maximum Gasteiger partial charge on any atom is 0.407 e. The largest absolute Gasteiger partial charge is 0.453 e. The molecule has 0 aliphatic carbocycles. The minimum absolute atomic E-state index is 0.00274. The minimum atomic E-state index is -3.15. The Morgan fingerprint density at radius 2 is 1.48 bits per heavy atom. The third-order valence-electron chi connectivity index (χ3n) is 11.2. The van der Waals surface area contributed by atoms with Crippen LogP contribution in [0.1, 0.15) is 68.0 Å². The van der Waals surface area contributed by atoms with Gasteiger partial charge in [-0.1, -0.05) is 56.3 Å². The number of benzene rings is 2. The van der Waals surface area contributed by atoms with Crippen molar-refractivity contribution in [3.05, 3.63) is 90.0 Å². The van der Waals surface area contributed by atoms with Gasteiger partial charge in [-0.3, -0.25) is 14.5 Å². The highest BCUT2D eigenvalue weighted by Gasteiger charge is 2.50. The smallest absolute Gasteiger partial charge is 0.407 e. The lowest BCUT2D eigenvalue weighted by Gasteiger charge is -2.28. The van der Waals surface area contributed by atoms with Crippen molar-refractivity contribution in [3.8, 4) is 33.9 Å². The fourth-order valence-corrected chi connectivity index (χ4v) is 8.29. The molecule has 4 amide bonds. The van der Waals surface area contributed by atoms with Crippen LogP contribution in [-0.2, 0) is 31.9 Å². The zero-order chi connectivity index (χ0) is 42.3. The Kier molecular flexibility index (Phi) is 10.8. The third kappa shape index (κ3) is 7.88. The predicted molar refractivity (Wildman–Crippen MR) is 213 cm³/mol. The predicted octanol–water partition coefficient (Wildman–Crippen LogP) is 5.90. The van der Waals surface area contributed by atoms with E-state index in [1.54, 1.807) is 23.5 Å². The Balaban J connectivity index is 0.961. The average Bonchev–Trinajstić information content (AvgIpc) is 4.05. The first-order chi connectivity index (χ1) is 28.8. The quantitative estimate of drug-likeness (QED) is 0.131. The third-order valence-corrected chi connectivity index (χ3v) is 11.2. The second-order valence-electron chi connectivity index (χ2n) is 15.7. The summed E-state index contributed by atoms with van der Waals surface area (Å²) >= 11 is 0. The van der Waals surface area contributed by atoms with Crippen LogP contribution in [0, 0.1) is 5.92 Å². The van der Waals surface area contributed by atoms with E-state index in [1.165, 1.54) is 20.4 Å². The van der Waals surface area contributed by atoms with Gasteiger partial charge < -0.3 is 35.0 Å². The van der Waals surface area contributed by atoms with Crippen molar-refractivity contribution in [2.45, 2.75) is 76.0 Å². The first-order valence-corrected chi connectivity index (χ1v) is 19.7. The van der Waals surface area contributed by atoms with Gasteiger partial charge in [0.2, 0.25) is 11.8 Å². The molecule has 3 aliphatic heterocycles. The Morgan fingerprint density at radius 3 is 2.15 bits per heavy atom. The van der Waals surface area contributed by atoms with E-state index in [0.717, 1.165) is 32.8 Å². The fourth-order valence-electron chi connectivity index (χ4n) is 8.29. The number of halogens is 2. The van der Waals surface area contributed by atoms with Gasteiger partial charge in [-0.25, -0.2) is 38.3 Å². The van der Waals surface area contributed by atoms with E-state index < -0.39 is 61.1 Å². The zero-order valence-electron chi connectivity index (χ0n) is 33.4. The molecule has 60 heavy (non-hydrogen) atoms.